The number of hydrogen-bond donors (Lipinski definition) is 1. The molecule has 1 heterocycles. The van der Waals surface area contributed by atoms with Gasteiger partial charge < -0.3 is 9.30 Å². The fourth-order valence-electron chi connectivity index (χ4n) is 2.08. The van der Waals surface area contributed by atoms with Crippen LogP contribution in [0, 0.1) is 5.92 Å². The second kappa shape index (κ2) is 6.19. The van der Waals surface area contributed by atoms with Crippen LogP contribution in [0.25, 0.3) is 0 Å². The molecule has 1 N–H and O–H groups in total. The molecule has 0 radical (unpaired) electrons. The van der Waals surface area contributed by atoms with Crippen LogP contribution in [0.5, 0.6) is 0 Å². The van der Waals surface area contributed by atoms with Gasteiger partial charge in [-0.2, -0.15) is 0 Å². The summed E-state index contributed by atoms with van der Waals surface area (Å²) in [6.07, 6.45) is 5.93. The van der Waals surface area contributed by atoms with E-state index in [4.69, 9.17) is 4.74 Å². The normalized spacial score (nSPS) is 16.6. The Morgan fingerprint density at radius 3 is 2.89 bits per heavy atom. The Kier molecular flexibility index (Phi) is 4.58. The zero-order valence-electron chi connectivity index (χ0n) is 11.9. The molecule has 0 bridgehead atoms. The smallest absolute Gasteiger partial charge is 0.329 e. The van der Waals surface area contributed by atoms with E-state index in [1.807, 2.05) is 13.3 Å². The summed E-state index contributed by atoms with van der Waals surface area (Å²) in [5.41, 5.74) is 0.918. The standard InChI is InChI=1S/C14H23N3O2/c1-4-19-14(18)13(16-7-10(2)3)12-8-15-9-17(12)11-5-6-11/h8-11,13,16H,4-7H2,1-3H3. The lowest BCUT2D eigenvalue weighted by atomic mass is 10.1. The van der Waals surface area contributed by atoms with E-state index in [0.29, 0.717) is 18.6 Å². The summed E-state index contributed by atoms with van der Waals surface area (Å²) in [5.74, 6) is 0.264. The van der Waals surface area contributed by atoms with Crippen molar-refractivity contribution in [2.75, 3.05) is 13.2 Å². The van der Waals surface area contributed by atoms with Crippen molar-refractivity contribution in [3.63, 3.8) is 0 Å². The van der Waals surface area contributed by atoms with Gasteiger partial charge in [-0.25, -0.2) is 9.78 Å². The lowest BCUT2D eigenvalue weighted by molar-refractivity contribution is -0.146. The van der Waals surface area contributed by atoms with E-state index in [0.717, 1.165) is 12.2 Å². The van der Waals surface area contributed by atoms with Crippen molar-refractivity contribution in [1.29, 1.82) is 0 Å². The highest BCUT2D eigenvalue weighted by molar-refractivity contribution is 5.77. The largest absolute Gasteiger partial charge is 0.465 e. The molecule has 1 aliphatic carbocycles. The van der Waals surface area contributed by atoms with Crippen molar-refractivity contribution in [1.82, 2.24) is 14.9 Å². The summed E-state index contributed by atoms with van der Waals surface area (Å²) in [4.78, 5) is 16.3. The predicted molar refractivity (Wildman–Crippen MR) is 72.7 cm³/mol. The van der Waals surface area contributed by atoms with Crippen LogP contribution in [0.4, 0.5) is 0 Å². The summed E-state index contributed by atoms with van der Waals surface area (Å²) in [6, 6.07) is 0.0979. The van der Waals surface area contributed by atoms with Gasteiger partial charge in [-0.1, -0.05) is 13.8 Å². The first kappa shape index (κ1) is 14.1. The molecule has 106 valence electrons. The monoisotopic (exact) mass is 265 g/mol. The second-order valence-electron chi connectivity index (χ2n) is 5.44. The zero-order chi connectivity index (χ0) is 13.8. The molecule has 1 fully saturated rings. The van der Waals surface area contributed by atoms with E-state index in [9.17, 15) is 4.79 Å². The first-order valence-electron chi connectivity index (χ1n) is 7.05. The maximum absolute atomic E-state index is 12.1. The molecular formula is C14H23N3O2. The van der Waals surface area contributed by atoms with Gasteiger partial charge in [-0.3, -0.25) is 5.32 Å². The van der Waals surface area contributed by atoms with Crippen molar-refractivity contribution in [2.24, 2.45) is 5.92 Å². The summed E-state index contributed by atoms with van der Waals surface area (Å²) in [6.45, 7) is 7.24. The van der Waals surface area contributed by atoms with Crippen molar-refractivity contribution in [3.05, 3.63) is 18.2 Å². The third kappa shape index (κ3) is 3.56. The number of imidazole rings is 1. The first-order valence-corrected chi connectivity index (χ1v) is 7.05. The van der Waals surface area contributed by atoms with E-state index in [-0.39, 0.29) is 5.97 Å². The highest BCUT2D eigenvalue weighted by Crippen LogP contribution is 2.37. The van der Waals surface area contributed by atoms with Crippen molar-refractivity contribution < 1.29 is 9.53 Å². The number of nitrogens with zero attached hydrogens (tertiary/aromatic N) is 2. The van der Waals surface area contributed by atoms with Crippen LogP contribution in [-0.4, -0.2) is 28.7 Å². The Bertz CT molecular complexity index is 424. The average molecular weight is 265 g/mol. The molecule has 0 aromatic carbocycles. The summed E-state index contributed by atoms with van der Waals surface area (Å²) < 4.78 is 7.28. The van der Waals surface area contributed by atoms with Crippen LogP contribution in [0.15, 0.2) is 12.5 Å². The van der Waals surface area contributed by atoms with Gasteiger partial charge in [0.2, 0.25) is 0 Å². The van der Waals surface area contributed by atoms with Crippen LogP contribution >= 0.6 is 0 Å². The Morgan fingerprint density at radius 2 is 2.32 bits per heavy atom. The number of esters is 1. The molecule has 0 spiro atoms. The van der Waals surface area contributed by atoms with Crippen molar-refractivity contribution >= 4 is 5.97 Å². The van der Waals surface area contributed by atoms with Gasteiger partial charge in [0.05, 0.1) is 24.8 Å². The fourth-order valence-corrected chi connectivity index (χ4v) is 2.08. The lowest BCUT2D eigenvalue weighted by Gasteiger charge is -2.20. The number of hydrogen-bond acceptors (Lipinski definition) is 4. The van der Waals surface area contributed by atoms with E-state index >= 15 is 0 Å². The number of carbonyl (C=O) groups is 1. The van der Waals surface area contributed by atoms with E-state index in [2.05, 4.69) is 28.7 Å². The molecule has 0 aliphatic heterocycles. The molecule has 1 aromatic rings. The summed E-state index contributed by atoms with van der Waals surface area (Å²) >= 11 is 0. The van der Waals surface area contributed by atoms with Gasteiger partial charge in [0, 0.05) is 6.04 Å². The van der Waals surface area contributed by atoms with Gasteiger partial charge in [0.15, 0.2) is 0 Å². The SMILES string of the molecule is CCOC(=O)C(NCC(C)C)c1cncn1C1CC1. The molecule has 19 heavy (non-hydrogen) atoms. The van der Waals surface area contributed by atoms with Gasteiger partial charge in [-0.15, -0.1) is 0 Å². The molecule has 0 saturated heterocycles. The highest BCUT2D eigenvalue weighted by atomic mass is 16.5. The molecule has 2 rings (SSSR count). The average Bonchev–Trinajstić information content (AvgIpc) is 3.09. The summed E-state index contributed by atoms with van der Waals surface area (Å²) in [7, 11) is 0. The molecule has 0 amide bonds. The molecule has 1 aromatic heterocycles. The van der Waals surface area contributed by atoms with Crippen LogP contribution in [-0.2, 0) is 9.53 Å². The van der Waals surface area contributed by atoms with Crippen molar-refractivity contribution in [2.45, 2.75) is 45.7 Å². The van der Waals surface area contributed by atoms with Crippen LogP contribution in [0.1, 0.15) is 51.4 Å². The number of nitrogens with one attached hydrogen (secondary N) is 1. The maximum atomic E-state index is 12.1. The van der Waals surface area contributed by atoms with Gasteiger partial charge in [0.1, 0.15) is 6.04 Å². The third-order valence-electron chi connectivity index (χ3n) is 3.18. The molecule has 1 saturated carbocycles. The minimum atomic E-state index is -0.412. The Hall–Kier alpha value is -1.36. The summed E-state index contributed by atoms with van der Waals surface area (Å²) in [5, 5.41) is 3.29. The van der Waals surface area contributed by atoms with Gasteiger partial charge in [-0.05, 0) is 32.2 Å². The van der Waals surface area contributed by atoms with Crippen molar-refractivity contribution in [3.8, 4) is 0 Å². The lowest BCUT2D eigenvalue weighted by Crippen LogP contribution is -2.34. The molecule has 1 unspecified atom stereocenters. The van der Waals surface area contributed by atoms with Gasteiger partial charge >= 0.3 is 5.97 Å². The number of rotatable bonds is 7. The zero-order valence-corrected chi connectivity index (χ0v) is 11.9. The minimum Gasteiger partial charge on any atom is -0.465 e. The third-order valence-corrected chi connectivity index (χ3v) is 3.18. The minimum absolute atomic E-state index is 0.217. The molecule has 5 heteroatoms. The van der Waals surface area contributed by atoms with Crippen LogP contribution < -0.4 is 5.32 Å². The maximum Gasteiger partial charge on any atom is 0.329 e. The second-order valence-corrected chi connectivity index (χ2v) is 5.44. The first-order chi connectivity index (χ1) is 9.13. The fraction of sp³-hybridized carbons (Fsp3) is 0.714. The topological polar surface area (TPSA) is 56.1 Å². The highest BCUT2D eigenvalue weighted by Gasteiger charge is 2.31. The van der Waals surface area contributed by atoms with E-state index in [1.54, 1.807) is 6.20 Å². The molecular weight excluding hydrogens is 242 g/mol. The predicted octanol–water partition coefficient (Wildman–Crippen LogP) is 2.07. The van der Waals surface area contributed by atoms with E-state index in [1.165, 1.54) is 12.8 Å². The number of ether oxygens (including phenoxy) is 1. The Labute approximate surface area is 114 Å². The van der Waals surface area contributed by atoms with Gasteiger partial charge in [0.25, 0.3) is 0 Å². The van der Waals surface area contributed by atoms with E-state index < -0.39 is 6.04 Å². The number of carbonyl (C=O) groups excluding carboxylic acids is 1. The Balaban J connectivity index is 2.14. The molecule has 5 nitrogen and oxygen atoms in total. The molecule has 1 aliphatic rings. The Morgan fingerprint density at radius 1 is 1.58 bits per heavy atom. The van der Waals surface area contributed by atoms with Crippen LogP contribution in [0.2, 0.25) is 0 Å². The molecule has 1 atom stereocenters. The number of aromatic nitrogens is 2. The van der Waals surface area contributed by atoms with Crippen LogP contribution in [0.3, 0.4) is 0 Å². The quantitative estimate of drug-likeness (QED) is 0.767.